The number of anilines is 3. The molecule has 7 nitrogen and oxygen atoms in total. The summed E-state index contributed by atoms with van der Waals surface area (Å²) in [5.41, 5.74) is 1.51. The average Bonchev–Trinajstić information content (AvgIpc) is 3.07. The first-order chi connectivity index (χ1) is 13.7. The zero-order chi connectivity index (χ0) is 19.5. The van der Waals surface area contributed by atoms with Crippen LogP contribution in [0.4, 0.5) is 22.0 Å². The third-order valence-electron chi connectivity index (χ3n) is 5.20. The van der Waals surface area contributed by atoms with Crippen LogP contribution in [0.25, 0.3) is 11.2 Å². The van der Waals surface area contributed by atoms with Crippen LogP contribution in [0.5, 0.6) is 0 Å². The van der Waals surface area contributed by atoms with Crippen molar-refractivity contribution < 1.29 is 9.50 Å². The maximum atomic E-state index is 14.1. The van der Waals surface area contributed by atoms with Crippen LogP contribution in [-0.4, -0.2) is 37.3 Å². The Balaban J connectivity index is 1.70. The topological polar surface area (TPSA) is 87.9 Å². The van der Waals surface area contributed by atoms with Gasteiger partial charge in [-0.25, -0.2) is 14.4 Å². The van der Waals surface area contributed by atoms with Crippen molar-refractivity contribution in [1.82, 2.24) is 19.5 Å². The van der Waals surface area contributed by atoms with Crippen molar-refractivity contribution in [3.63, 3.8) is 0 Å². The zero-order valence-electron chi connectivity index (χ0n) is 15.9. The number of nitrogens with zero attached hydrogens (tertiary/aromatic N) is 4. The Morgan fingerprint density at radius 3 is 2.75 bits per heavy atom. The van der Waals surface area contributed by atoms with Crippen molar-refractivity contribution in [1.29, 1.82) is 0 Å². The number of aromatic nitrogens is 4. The molecule has 0 radical (unpaired) electrons. The number of para-hydroxylation sites is 1. The molecule has 28 heavy (non-hydrogen) atoms. The van der Waals surface area contributed by atoms with Crippen LogP contribution in [0, 0.1) is 5.82 Å². The van der Waals surface area contributed by atoms with Gasteiger partial charge < -0.3 is 15.7 Å². The first kappa shape index (κ1) is 18.6. The van der Waals surface area contributed by atoms with Crippen molar-refractivity contribution >= 4 is 28.7 Å². The first-order valence-corrected chi connectivity index (χ1v) is 9.79. The molecule has 0 spiro atoms. The number of hydrogen-bond donors (Lipinski definition) is 3. The highest BCUT2D eigenvalue weighted by atomic mass is 19.1. The van der Waals surface area contributed by atoms with Gasteiger partial charge in [-0.15, -0.1) is 0 Å². The number of rotatable bonds is 6. The molecule has 1 aromatic carbocycles. The number of aliphatic hydroxyl groups is 1. The second-order valence-corrected chi connectivity index (χ2v) is 7.32. The summed E-state index contributed by atoms with van der Waals surface area (Å²) in [5.74, 6) is 0.609. The lowest BCUT2D eigenvalue weighted by Gasteiger charge is -2.22. The third-order valence-corrected chi connectivity index (χ3v) is 5.20. The van der Waals surface area contributed by atoms with E-state index in [1.165, 1.54) is 25.3 Å². The molecule has 0 bridgehead atoms. The SMILES string of the molecule is C[C@@H](CO)n1c(Nc2ccccc2F)nc2cnc(NC3CCCCC3)nc21. The lowest BCUT2D eigenvalue weighted by molar-refractivity contribution is 0.242. The van der Waals surface area contributed by atoms with E-state index in [1.807, 2.05) is 6.92 Å². The molecular weight excluding hydrogens is 359 g/mol. The fraction of sp³-hybridized carbons (Fsp3) is 0.450. The standard InChI is InChI=1S/C20H25FN6O/c1-13(12-28)27-18-17(25-20(27)24-16-10-6-5-9-15(16)21)11-22-19(26-18)23-14-7-3-2-4-8-14/h5-6,9-11,13-14,28H,2-4,7-8,12H2,1H3,(H,24,25)(H,22,23,26)/t13-/m0/s1. The van der Waals surface area contributed by atoms with Crippen LogP contribution in [0.3, 0.4) is 0 Å². The van der Waals surface area contributed by atoms with Crippen molar-refractivity contribution in [2.24, 2.45) is 0 Å². The minimum Gasteiger partial charge on any atom is -0.394 e. The molecule has 0 saturated heterocycles. The number of hydrogen-bond acceptors (Lipinski definition) is 6. The number of imidazole rings is 1. The lowest BCUT2D eigenvalue weighted by atomic mass is 9.96. The number of nitrogens with one attached hydrogen (secondary N) is 2. The van der Waals surface area contributed by atoms with Gasteiger partial charge in [-0.05, 0) is 31.9 Å². The minimum atomic E-state index is -0.372. The Kier molecular flexibility index (Phi) is 5.38. The van der Waals surface area contributed by atoms with Crippen LogP contribution in [0.1, 0.15) is 45.1 Å². The van der Waals surface area contributed by atoms with E-state index in [9.17, 15) is 9.50 Å². The summed E-state index contributed by atoms with van der Waals surface area (Å²) >= 11 is 0. The van der Waals surface area contributed by atoms with Gasteiger partial charge in [0, 0.05) is 6.04 Å². The molecule has 2 heterocycles. The van der Waals surface area contributed by atoms with E-state index in [2.05, 4.69) is 25.6 Å². The van der Waals surface area contributed by atoms with Crippen LogP contribution in [0.15, 0.2) is 30.5 Å². The van der Waals surface area contributed by atoms with E-state index in [-0.39, 0.29) is 18.5 Å². The average molecular weight is 384 g/mol. The van der Waals surface area contributed by atoms with Crippen LogP contribution < -0.4 is 10.6 Å². The van der Waals surface area contributed by atoms with Gasteiger partial charge in [0.15, 0.2) is 5.65 Å². The molecular formula is C20H25FN6O. The molecule has 8 heteroatoms. The van der Waals surface area contributed by atoms with E-state index in [0.717, 1.165) is 12.8 Å². The van der Waals surface area contributed by atoms with Gasteiger partial charge in [0.05, 0.1) is 24.5 Å². The molecule has 0 amide bonds. The fourth-order valence-electron chi connectivity index (χ4n) is 3.66. The molecule has 1 atom stereocenters. The summed E-state index contributed by atoms with van der Waals surface area (Å²) < 4.78 is 15.9. The Labute approximate surface area is 163 Å². The Morgan fingerprint density at radius 2 is 2.00 bits per heavy atom. The van der Waals surface area contributed by atoms with E-state index in [4.69, 9.17) is 0 Å². The van der Waals surface area contributed by atoms with Crippen molar-refractivity contribution in [3.05, 3.63) is 36.3 Å². The Bertz CT molecular complexity index is 953. The van der Waals surface area contributed by atoms with Crippen LogP contribution in [0.2, 0.25) is 0 Å². The molecule has 1 fully saturated rings. The monoisotopic (exact) mass is 384 g/mol. The van der Waals surface area contributed by atoms with E-state index < -0.39 is 0 Å². The maximum absolute atomic E-state index is 14.1. The normalized spacial score (nSPS) is 16.2. The van der Waals surface area contributed by atoms with Gasteiger partial charge in [0.25, 0.3) is 0 Å². The zero-order valence-corrected chi connectivity index (χ0v) is 15.9. The number of benzene rings is 1. The molecule has 4 rings (SSSR count). The molecule has 1 aliphatic rings. The number of fused-ring (bicyclic) bond motifs is 1. The summed E-state index contributed by atoms with van der Waals surface area (Å²) in [7, 11) is 0. The molecule has 3 N–H and O–H groups in total. The quantitative estimate of drug-likeness (QED) is 0.595. The summed E-state index contributed by atoms with van der Waals surface area (Å²) in [6.45, 7) is 1.77. The molecule has 1 aliphatic carbocycles. The Hall–Kier alpha value is -2.74. The molecule has 2 aromatic heterocycles. The fourth-order valence-corrected chi connectivity index (χ4v) is 3.66. The van der Waals surface area contributed by atoms with Gasteiger partial charge in [-0.1, -0.05) is 31.4 Å². The smallest absolute Gasteiger partial charge is 0.224 e. The molecule has 0 unspecified atom stereocenters. The van der Waals surface area contributed by atoms with Crippen LogP contribution >= 0.6 is 0 Å². The third kappa shape index (κ3) is 3.77. The summed E-state index contributed by atoms with van der Waals surface area (Å²) in [5, 5.41) is 16.2. The summed E-state index contributed by atoms with van der Waals surface area (Å²) in [6.07, 6.45) is 7.62. The first-order valence-electron chi connectivity index (χ1n) is 9.79. The van der Waals surface area contributed by atoms with E-state index in [1.54, 1.807) is 29.0 Å². The minimum absolute atomic E-state index is 0.0905. The molecule has 0 aliphatic heterocycles. The van der Waals surface area contributed by atoms with Gasteiger partial charge in [-0.3, -0.25) is 4.57 Å². The van der Waals surface area contributed by atoms with Gasteiger partial charge in [0.2, 0.25) is 11.9 Å². The molecule has 3 aromatic rings. The highest BCUT2D eigenvalue weighted by molar-refractivity contribution is 5.76. The molecule has 1 saturated carbocycles. The van der Waals surface area contributed by atoms with Gasteiger partial charge in [-0.2, -0.15) is 4.98 Å². The highest BCUT2D eigenvalue weighted by Crippen LogP contribution is 2.27. The second-order valence-electron chi connectivity index (χ2n) is 7.32. The Morgan fingerprint density at radius 1 is 1.21 bits per heavy atom. The highest BCUT2D eigenvalue weighted by Gasteiger charge is 2.20. The van der Waals surface area contributed by atoms with Gasteiger partial charge in [0.1, 0.15) is 11.3 Å². The largest absolute Gasteiger partial charge is 0.394 e. The van der Waals surface area contributed by atoms with Gasteiger partial charge >= 0.3 is 0 Å². The number of halogens is 1. The molecule has 148 valence electrons. The van der Waals surface area contributed by atoms with Crippen molar-refractivity contribution in [3.8, 4) is 0 Å². The lowest BCUT2D eigenvalue weighted by Crippen LogP contribution is -2.23. The van der Waals surface area contributed by atoms with E-state index in [0.29, 0.717) is 34.8 Å². The number of aliphatic hydroxyl groups excluding tert-OH is 1. The maximum Gasteiger partial charge on any atom is 0.224 e. The summed E-state index contributed by atoms with van der Waals surface area (Å²) in [6, 6.07) is 6.51. The van der Waals surface area contributed by atoms with E-state index >= 15 is 0 Å². The van der Waals surface area contributed by atoms with Crippen molar-refractivity contribution in [2.75, 3.05) is 17.2 Å². The predicted molar refractivity (Wildman–Crippen MR) is 107 cm³/mol. The van der Waals surface area contributed by atoms with Crippen LogP contribution in [-0.2, 0) is 0 Å². The second kappa shape index (κ2) is 8.10. The predicted octanol–water partition coefficient (Wildman–Crippen LogP) is 4.01. The van der Waals surface area contributed by atoms with Crippen molar-refractivity contribution in [2.45, 2.75) is 51.1 Å². The summed E-state index contributed by atoms with van der Waals surface area (Å²) in [4.78, 5) is 13.6.